The molecule has 0 spiro atoms. The molecule has 0 fully saturated rings. The van der Waals surface area contributed by atoms with E-state index in [0.29, 0.717) is 6.54 Å². The van der Waals surface area contributed by atoms with E-state index in [1.807, 2.05) is 17.8 Å². The van der Waals surface area contributed by atoms with Gasteiger partial charge in [-0.25, -0.2) is 0 Å². The molecule has 2 nitrogen and oxygen atoms in total. The minimum atomic E-state index is 0.505. The molecule has 20 heavy (non-hydrogen) atoms. The van der Waals surface area contributed by atoms with Crippen molar-refractivity contribution in [3.8, 4) is 5.75 Å². The number of benzene rings is 2. The third kappa shape index (κ3) is 3.56. The van der Waals surface area contributed by atoms with E-state index in [9.17, 15) is 0 Å². The summed E-state index contributed by atoms with van der Waals surface area (Å²) in [5.41, 5.74) is 10.8. The van der Waals surface area contributed by atoms with Gasteiger partial charge in [0, 0.05) is 22.8 Å². The maximum absolute atomic E-state index is 5.75. The highest BCUT2D eigenvalue weighted by Gasteiger charge is 2.04. The number of rotatable bonds is 5. The molecule has 0 aliphatic carbocycles. The Balaban J connectivity index is 2.08. The number of methoxy groups -OCH3 is 1. The molecule has 0 aromatic heterocycles. The lowest BCUT2D eigenvalue weighted by molar-refractivity contribution is 0.409. The van der Waals surface area contributed by atoms with E-state index in [-0.39, 0.29) is 0 Å². The van der Waals surface area contributed by atoms with Gasteiger partial charge in [0.25, 0.3) is 0 Å². The fourth-order valence-electron chi connectivity index (χ4n) is 2.05. The first-order valence-corrected chi connectivity index (χ1v) is 7.68. The smallest absolute Gasteiger partial charge is 0.123 e. The standard InChI is InChI=1S/C17H21NOS/c1-12-4-6-16(8-13(12)2)20-11-14-5-7-17(19-3)15(9-14)10-18/h4-9H,10-11,18H2,1-3H3. The number of aryl methyl sites for hydroxylation is 2. The molecule has 0 radical (unpaired) electrons. The molecule has 0 aliphatic heterocycles. The summed E-state index contributed by atoms with van der Waals surface area (Å²) >= 11 is 1.85. The van der Waals surface area contributed by atoms with Crippen LogP contribution < -0.4 is 10.5 Å². The van der Waals surface area contributed by atoms with Gasteiger partial charge in [-0.1, -0.05) is 12.1 Å². The highest BCUT2D eigenvalue weighted by atomic mass is 32.2. The van der Waals surface area contributed by atoms with E-state index < -0.39 is 0 Å². The van der Waals surface area contributed by atoms with Crippen LogP contribution in [-0.2, 0) is 12.3 Å². The molecule has 0 bridgehead atoms. The van der Waals surface area contributed by atoms with Crippen LogP contribution in [0.4, 0.5) is 0 Å². The number of nitrogens with two attached hydrogens (primary N) is 1. The Bertz CT molecular complexity index is 596. The predicted molar refractivity (Wildman–Crippen MR) is 86.4 cm³/mol. The van der Waals surface area contributed by atoms with Crippen LogP contribution in [0.25, 0.3) is 0 Å². The monoisotopic (exact) mass is 287 g/mol. The third-order valence-corrected chi connectivity index (χ3v) is 4.51. The lowest BCUT2D eigenvalue weighted by Crippen LogP contribution is -2.00. The second-order valence-electron chi connectivity index (χ2n) is 4.89. The largest absolute Gasteiger partial charge is 0.496 e. The van der Waals surface area contributed by atoms with E-state index in [2.05, 4.69) is 44.2 Å². The van der Waals surface area contributed by atoms with Crippen molar-refractivity contribution >= 4 is 11.8 Å². The Morgan fingerprint density at radius 3 is 2.50 bits per heavy atom. The summed E-state index contributed by atoms with van der Waals surface area (Å²) in [6.07, 6.45) is 0. The fraction of sp³-hybridized carbons (Fsp3) is 0.294. The van der Waals surface area contributed by atoms with Crippen molar-refractivity contribution in [3.05, 3.63) is 58.7 Å². The first-order chi connectivity index (χ1) is 9.63. The lowest BCUT2D eigenvalue weighted by Gasteiger charge is -2.09. The van der Waals surface area contributed by atoms with Crippen LogP contribution in [0.15, 0.2) is 41.3 Å². The molecule has 0 heterocycles. The van der Waals surface area contributed by atoms with Crippen molar-refractivity contribution in [3.63, 3.8) is 0 Å². The van der Waals surface area contributed by atoms with Gasteiger partial charge in [0.05, 0.1) is 7.11 Å². The number of thioether (sulfide) groups is 1. The Hall–Kier alpha value is -1.45. The second kappa shape index (κ2) is 6.82. The van der Waals surface area contributed by atoms with Gasteiger partial charge in [0.15, 0.2) is 0 Å². The van der Waals surface area contributed by atoms with Crippen LogP contribution in [0, 0.1) is 13.8 Å². The van der Waals surface area contributed by atoms with Crippen LogP contribution in [0.5, 0.6) is 5.75 Å². The van der Waals surface area contributed by atoms with E-state index in [1.165, 1.54) is 21.6 Å². The zero-order valence-corrected chi connectivity index (χ0v) is 13.1. The minimum absolute atomic E-state index is 0.505. The molecule has 0 aliphatic rings. The maximum atomic E-state index is 5.75. The molecule has 0 saturated carbocycles. The Morgan fingerprint density at radius 2 is 1.85 bits per heavy atom. The van der Waals surface area contributed by atoms with E-state index in [4.69, 9.17) is 10.5 Å². The van der Waals surface area contributed by atoms with E-state index >= 15 is 0 Å². The van der Waals surface area contributed by atoms with Crippen molar-refractivity contribution < 1.29 is 4.74 Å². The van der Waals surface area contributed by atoms with Crippen molar-refractivity contribution in [2.24, 2.45) is 5.73 Å². The van der Waals surface area contributed by atoms with Gasteiger partial charge < -0.3 is 10.5 Å². The van der Waals surface area contributed by atoms with E-state index in [1.54, 1.807) is 7.11 Å². The van der Waals surface area contributed by atoms with Gasteiger partial charge in [-0.2, -0.15) is 0 Å². The number of ether oxygens (including phenoxy) is 1. The molecular formula is C17H21NOS. The zero-order valence-electron chi connectivity index (χ0n) is 12.3. The highest BCUT2D eigenvalue weighted by molar-refractivity contribution is 7.98. The summed E-state index contributed by atoms with van der Waals surface area (Å²) in [6.45, 7) is 4.80. The number of hydrogen-bond donors (Lipinski definition) is 1. The summed E-state index contributed by atoms with van der Waals surface area (Å²) in [4.78, 5) is 1.30. The molecular weight excluding hydrogens is 266 g/mol. The second-order valence-corrected chi connectivity index (χ2v) is 5.93. The van der Waals surface area contributed by atoms with Crippen LogP contribution in [0.1, 0.15) is 22.3 Å². The SMILES string of the molecule is COc1ccc(CSc2ccc(C)c(C)c2)cc1CN. The molecule has 2 N–H and O–H groups in total. The molecule has 106 valence electrons. The summed E-state index contributed by atoms with van der Waals surface area (Å²) in [6, 6.07) is 12.8. The predicted octanol–water partition coefficient (Wildman–Crippen LogP) is 4.06. The molecule has 2 rings (SSSR count). The summed E-state index contributed by atoms with van der Waals surface area (Å²) in [5.74, 6) is 1.81. The molecule has 3 heteroatoms. The van der Waals surface area contributed by atoms with Crippen LogP contribution in [-0.4, -0.2) is 7.11 Å². The van der Waals surface area contributed by atoms with Crippen molar-refractivity contribution in [2.45, 2.75) is 31.0 Å². The Labute approximate surface area is 125 Å². The van der Waals surface area contributed by atoms with Crippen molar-refractivity contribution in [1.82, 2.24) is 0 Å². The van der Waals surface area contributed by atoms with Crippen LogP contribution in [0.3, 0.4) is 0 Å². The summed E-state index contributed by atoms with van der Waals surface area (Å²) in [7, 11) is 1.68. The minimum Gasteiger partial charge on any atom is -0.496 e. The Kier molecular flexibility index (Phi) is 5.10. The first-order valence-electron chi connectivity index (χ1n) is 6.70. The van der Waals surface area contributed by atoms with Crippen molar-refractivity contribution in [2.75, 3.05) is 7.11 Å². The molecule has 0 saturated heterocycles. The normalized spacial score (nSPS) is 10.6. The summed E-state index contributed by atoms with van der Waals surface area (Å²) < 4.78 is 5.30. The zero-order chi connectivity index (χ0) is 14.5. The van der Waals surface area contributed by atoms with Gasteiger partial charge in [0.1, 0.15) is 5.75 Å². The molecule has 0 atom stereocenters. The Morgan fingerprint density at radius 1 is 1.05 bits per heavy atom. The van der Waals surface area contributed by atoms with Gasteiger partial charge in [-0.3, -0.25) is 0 Å². The maximum Gasteiger partial charge on any atom is 0.123 e. The fourth-order valence-corrected chi connectivity index (χ4v) is 2.99. The highest BCUT2D eigenvalue weighted by Crippen LogP contribution is 2.27. The van der Waals surface area contributed by atoms with Gasteiger partial charge in [0.2, 0.25) is 0 Å². The quantitative estimate of drug-likeness (QED) is 0.842. The van der Waals surface area contributed by atoms with E-state index in [0.717, 1.165) is 17.1 Å². The average Bonchev–Trinajstić information content (AvgIpc) is 2.48. The first kappa shape index (κ1) is 14.9. The van der Waals surface area contributed by atoms with Crippen molar-refractivity contribution in [1.29, 1.82) is 0 Å². The lowest BCUT2D eigenvalue weighted by atomic mass is 10.1. The summed E-state index contributed by atoms with van der Waals surface area (Å²) in [5, 5.41) is 0. The van der Waals surface area contributed by atoms with Crippen LogP contribution in [0.2, 0.25) is 0 Å². The topological polar surface area (TPSA) is 35.2 Å². The van der Waals surface area contributed by atoms with Gasteiger partial charge >= 0.3 is 0 Å². The molecule has 2 aromatic rings. The average molecular weight is 287 g/mol. The molecule has 0 amide bonds. The van der Waals surface area contributed by atoms with Gasteiger partial charge in [-0.15, -0.1) is 11.8 Å². The molecule has 2 aromatic carbocycles. The third-order valence-electron chi connectivity index (χ3n) is 3.45. The number of hydrogen-bond acceptors (Lipinski definition) is 3. The van der Waals surface area contributed by atoms with Crippen LogP contribution >= 0.6 is 11.8 Å². The molecule has 0 unspecified atom stereocenters. The van der Waals surface area contributed by atoms with Gasteiger partial charge in [-0.05, 0) is 54.8 Å².